The topological polar surface area (TPSA) is 65.8 Å². The number of nitriles is 1. The highest BCUT2D eigenvalue weighted by Crippen LogP contribution is 2.58. The van der Waals surface area contributed by atoms with E-state index in [-0.39, 0.29) is 34.1 Å². The van der Waals surface area contributed by atoms with Gasteiger partial charge in [0.15, 0.2) is 0 Å². The predicted octanol–water partition coefficient (Wildman–Crippen LogP) is 4.28. The standard InChI is InChI=1S/C17H32N3O3PS2/c1-12(2)20(13(3)4)24(22-11-9-10-18)23-15-14(16(21)19(7)8)25-26-17(15,5)6/h12-15H,9,11H2,1-8H3/t14-,15-,24?/m1/s1. The van der Waals surface area contributed by atoms with Gasteiger partial charge in [-0.25, -0.2) is 4.67 Å². The van der Waals surface area contributed by atoms with E-state index >= 15 is 0 Å². The molecule has 0 aromatic heterocycles. The van der Waals surface area contributed by atoms with E-state index in [9.17, 15) is 4.79 Å². The van der Waals surface area contributed by atoms with Gasteiger partial charge < -0.3 is 13.9 Å². The third-order valence-corrected chi connectivity index (χ3v) is 9.60. The average Bonchev–Trinajstić information content (AvgIpc) is 2.81. The second kappa shape index (κ2) is 10.5. The monoisotopic (exact) mass is 421 g/mol. The van der Waals surface area contributed by atoms with Gasteiger partial charge in [-0.2, -0.15) is 5.26 Å². The molecular weight excluding hydrogens is 389 g/mol. The fourth-order valence-electron chi connectivity index (χ4n) is 2.64. The Morgan fingerprint density at radius 2 is 1.85 bits per heavy atom. The lowest BCUT2D eigenvalue weighted by atomic mass is 10.0. The highest BCUT2D eigenvalue weighted by atomic mass is 33.1. The van der Waals surface area contributed by atoms with Gasteiger partial charge in [-0.1, -0.05) is 21.6 Å². The third kappa shape index (κ3) is 6.25. The van der Waals surface area contributed by atoms with Gasteiger partial charge in [-0.05, 0) is 41.5 Å². The average molecular weight is 422 g/mol. The van der Waals surface area contributed by atoms with Crippen LogP contribution in [0.15, 0.2) is 0 Å². The molecule has 0 bridgehead atoms. The van der Waals surface area contributed by atoms with Gasteiger partial charge >= 0.3 is 0 Å². The van der Waals surface area contributed by atoms with Crippen molar-refractivity contribution in [1.82, 2.24) is 9.57 Å². The maximum atomic E-state index is 12.6. The van der Waals surface area contributed by atoms with E-state index < -0.39 is 8.53 Å². The summed E-state index contributed by atoms with van der Waals surface area (Å²) in [6.07, 6.45) is 0.0599. The maximum absolute atomic E-state index is 12.6. The Labute approximate surface area is 167 Å². The lowest BCUT2D eigenvalue weighted by molar-refractivity contribution is -0.129. The molecule has 150 valence electrons. The smallest absolute Gasteiger partial charge is 0.259 e. The molecule has 1 saturated heterocycles. The lowest BCUT2D eigenvalue weighted by Gasteiger charge is -2.39. The maximum Gasteiger partial charge on any atom is 0.259 e. The molecule has 6 nitrogen and oxygen atoms in total. The van der Waals surface area contributed by atoms with Crippen LogP contribution < -0.4 is 0 Å². The number of carbonyl (C=O) groups excluding carboxylic acids is 1. The van der Waals surface area contributed by atoms with Crippen molar-refractivity contribution < 1.29 is 13.8 Å². The molecule has 0 aromatic carbocycles. The fraction of sp³-hybridized carbons (Fsp3) is 0.882. The molecule has 1 fully saturated rings. The molecule has 0 radical (unpaired) electrons. The van der Waals surface area contributed by atoms with Crippen LogP contribution in [-0.2, 0) is 13.8 Å². The number of rotatable bonds is 9. The van der Waals surface area contributed by atoms with E-state index in [0.717, 1.165) is 0 Å². The van der Waals surface area contributed by atoms with Crippen LogP contribution in [0, 0.1) is 11.3 Å². The van der Waals surface area contributed by atoms with Crippen molar-refractivity contribution in [3.63, 3.8) is 0 Å². The van der Waals surface area contributed by atoms with E-state index in [1.165, 1.54) is 0 Å². The molecule has 9 heteroatoms. The van der Waals surface area contributed by atoms with Gasteiger partial charge in [0.2, 0.25) is 5.91 Å². The van der Waals surface area contributed by atoms with Crippen LogP contribution in [0.3, 0.4) is 0 Å². The highest BCUT2D eigenvalue weighted by Gasteiger charge is 2.51. The molecule has 0 aromatic rings. The largest absolute Gasteiger partial charge is 0.348 e. The van der Waals surface area contributed by atoms with Crippen molar-refractivity contribution in [2.24, 2.45) is 0 Å². The molecule has 0 N–H and O–H groups in total. The number of amides is 1. The molecule has 1 heterocycles. The van der Waals surface area contributed by atoms with Crippen molar-refractivity contribution in [2.75, 3.05) is 20.7 Å². The van der Waals surface area contributed by atoms with E-state index in [1.54, 1.807) is 40.6 Å². The Balaban J connectivity index is 3.08. The Hall–Kier alpha value is -0.0300. The second-order valence-corrected chi connectivity index (χ2v) is 11.9. The van der Waals surface area contributed by atoms with E-state index in [1.807, 2.05) is 0 Å². The summed E-state index contributed by atoms with van der Waals surface area (Å²) in [4.78, 5) is 14.3. The Kier molecular flexibility index (Phi) is 9.69. The van der Waals surface area contributed by atoms with Crippen LogP contribution in [0.1, 0.15) is 48.0 Å². The number of hydrogen-bond donors (Lipinski definition) is 0. The van der Waals surface area contributed by atoms with Crippen LogP contribution in [0.2, 0.25) is 0 Å². The lowest BCUT2D eigenvalue weighted by Crippen LogP contribution is -2.46. The molecule has 1 unspecified atom stereocenters. The molecule has 0 spiro atoms. The zero-order valence-corrected chi connectivity index (χ0v) is 19.6. The summed E-state index contributed by atoms with van der Waals surface area (Å²) in [6, 6.07) is 2.58. The Morgan fingerprint density at radius 3 is 2.31 bits per heavy atom. The quantitative estimate of drug-likeness (QED) is 0.313. The summed E-state index contributed by atoms with van der Waals surface area (Å²) in [5.41, 5.74) is 0. The third-order valence-electron chi connectivity index (χ3n) is 3.88. The summed E-state index contributed by atoms with van der Waals surface area (Å²) < 4.78 is 14.5. The van der Waals surface area contributed by atoms with E-state index in [2.05, 4.69) is 52.3 Å². The molecule has 1 amide bonds. The SMILES string of the molecule is CC(C)N(C(C)C)P(OCCC#N)O[C@@H]1[C@H](C(=O)N(C)C)SSC1(C)C. The Morgan fingerprint density at radius 1 is 1.27 bits per heavy atom. The van der Waals surface area contributed by atoms with Crippen LogP contribution in [0.25, 0.3) is 0 Å². The van der Waals surface area contributed by atoms with Crippen molar-refractivity contribution in [3.8, 4) is 6.07 Å². The predicted molar refractivity (Wildman–Crippen MR) is 112 cm³/mol. The van der Waals surface area contributed by atoms with Crippen LogP contribution in [0.4, 0.5) is 0 Å². The molecule has 0 saturated carbocycles. The molecule has 1 aliphatic rings. The number of nitrogens with zero attached hydrogens (tertiary/aromatic N) is 3. The van der Waals surface area contributed by atoms with Crippen molar-refractivity contribution in [3.05, 3.63) is 0 Å². The van der Waals surface area contributed by atoms with E-state index in [4.69, 9.17) is 14.3 Å². The number of hydrogen-bond acceptors (Lipinski definition) is 7. The molecule has 0 aliphatic carbocycles. The molecule has 1 rings (SSSR count). The van der Waals surface area contributed by atoms with Crippen LogP contribution in [0.5, 0.6) is 0 Å². The molecule has 3 atom stereocenters. The first-order valence-electron chi connectivity index (χ1n) is 8.83. The molecule has 1 aliphatic heterocycles. The van der Waals surface area contributed by atoms with Gasteiger partial charge in [-0.15, -0.1) is 0 Å². The summed E-state index contributed by atoms with van der Waals surface area (Å²) in [5, 5.41) is 8.58. The van der Waals surface area contributed by atoms with Gasteiger partial charge in [-0.3, -0.25) is 4.79 Å². The Bertz CT molecular complexity index is 504. The van der Waals surface area contributed by atoms with Crippen LogP contribution in [-0.4, -0.2) is 64.4 Å². The van der Waals surface area contributed by atoms with Crippen molar-refractivity contribution in [1.29, 1.82) is 5.26 Å². The fourth-order valence-corrected chi connectivity index (χ4v) is 8.07. The first-order chi connectivity index (χ1) is 12.0. The zero-order chi connectivity index (χ0) is 20.1. The van der Waals surface area contributed by atoms with Crippen LogP contribution >= 0.6 is 30.1 Å². The summed E-state index contributed by atoms with van der Waals surface area (Å²) in [5.74, 6) is 0.0608. The van der Waals surface area contributed by atoms with Gasteiger partial charge in [0.1, 0.15) is 11.4 Å². The first-order valence-corrected chi connectivity index (χ1v) is 12.2. The van der Waals surface area contributed by atoms with Gasteiger partial charge in [0.05, 0.1) is 19.1 Å². The minimum Gasteiger partial charge on any atom is -0.348 e. The van der Waals surface area contributed by atoms with Gasteiger partial charge in [0, 0.05) is 30.9 Å². The van der Waals surface area contributed by atoms with Crippen molar-refractivity contribution in [2.45, 2.75) is 76.1 Å². The first kappa shape index (κ1) is 24.0. The van der Waals surface area contributed by atoms with Crippen molar-refractivity contribution >= 4 is 36.0 Å². The van der Waals surface area contributed by atoms with E-state index in [0.29, 0.717) is 13.0 Å². The number of carbonyl (C=O) groups is 1. The highest BCUT2D eigenvalue weighted by molar-refractivity contribution is 8.78. The summed E-state index contributed by atoms with van der Waals surface area (Å²) in [6.45, 7) is 13.0. The normalized spacial score (nSPS) is 23.5. The summed E-state index contributed by atoms with van der Waals surface area (Å²) >= 11 is 0. The molecule has 26 heavy (non-hydrogen) atoms. The second-order valence-electron chi connectivity index (χ2n) is 7.51. The molecular formula is C17H32N3O3PS2. The van der Waals surface area contributed by atoms with Gasteiger partial charge in [0.25, 0.3) is 8.53 Å². The zero-order valence-electron chi connectivity index (χ0n) is 17.1. The summed E-state index contributed by atoms with van der Waals surface area (Å²) in [7, 11) is 5.44. The minimum absolute atomic E-state index is 0.0608. The minimum atomic E-state index is -1.37.